The number of anilines is 3. The van der Waals surface area contributed by atoms with Gasteiger partial charge in [-0.1, -0.05) is 25.1 Å². The van der Waals surface area contributed by atoms with E-state index in [1.807, 2.05) is 30.0 Å². The fourth-order valence-corrected chi connectivity index (χ4v) is 3.28. The van der Waals surface area contributed by atoms with Crippen molar-refractivity contribution in [2.24, 2.45) is 0 Å². The van der Waals surface area contributed by atoms with E-state index in [0.29, 0.717) is 29.2 Å². The molecule has 1 heterocycles. The van der Waals surface area contributed by atoms with E-state index < -0.39 is 0 Å². The van der Waals surface area contributed by atoms with Crippen LogP contribution < -0.4 is 16.0 Å². The molecule has 1 aliphatic rings. The molecule has 0 bridgehead atoms. The summed E-state index contributed by atoms with van der Waals surface area (Å²) in [5, 5.41) is 10.5. The summed E-state index contributed by atoms with van der Waals surface area (Å²) in [5.41, 5.74) is 10.8. The molecule has 0 fully saturated rings. The Morgan fingerprint density at radius 1 is 1.31 bits per heavy atom. The second-order valence-electron chi connectivity index (χ2n) is 6.47. The number of hydrogen-bond acceptors (Lipinski definition) is 4. The number of para-hydroxylation sites is 1. The highest BCUT2D eigenvalue weighted by Crippen LogP contribution is 2.29. The van der Waals surface area contributed by atoms with Crippen LogP contribution in [0.25, 0.3) is 0 Å². The van der Waals surface area contributed by atoms with E-state index >= 15 is 0 Å². The van der Waals surface area contributed by atoms with Gasteiger partial charge in [-0.3, -0.25) is 10.2 Å². The van der Waals surface area contributed by atoms with Gasteiger partial charge in [-0.2, -0.15) is 0 Å². The van der Waals surface area contributed by atoms with Crippen LogP contribution in [-0.2, 0) is 6.42 Å². The van der Waals surface area contributed by atoms with E-state index in [9.17, 15) is 4.79 Å². The maximum atomic E-state index is 13.0. The van der Waals surface area contributed by atoms with Crippen LogP contribution >= 0.6 is 0 Å². The van der Waals surface area contributed by atoms with Gasteiger partial charge in [0, 0.05) is 17.8 Å². The molecule has 4 N–H and O–H groups in total. The first-order chi connectivity index (χ1) is 12.6. The van der Waals surface area contributed by atoms with E-state index in [-0.39, 0.29) is 5.91 Å². The van der Waals surface area contributed by atoms with Gasteiger partial charge in [-0.05, 0) is 61.4 Å². The molecule has 0 saturated carbocycles. The Labute approximate surface area is 154 Å². The molecule has 0 radical (unpaired) electrons. The zero-order chi connectivity index (χ0) is 18.5. The zero-order valence-electron chi connectivity index (χ0n) is 15.0. The average molecular weight is 348 g/mol. The normalized spacial score (nSPS) is 12.9. The van der Waals surface area contributed by atoms with E-state index in [1.165, 1.54) is 5.56 Å². The Bertz CT molecular complexity index is 868. The molecule has 5 heteroatoms. The first-order valence-electron chi connectivity index (χ1n) is 8.99. The van der Waals surface area contributed by atoms with Crippen molar-refractivity contribution in [2.75, 3.05) is 22.5 Å². The number of aryl methyl sites for hydroxylation is 1. The highest BCUT2D eigenvalue weighted by molar-refractivity contribution is 6.07. The molecule has 0 unspecified atom stereocenters. The molecule has 0 saturated heterocycles. The number of allylic oxidation sites excluding steroid dienone is 1. The smallest absolute Gasteiger partial charge is 0.258 e. The van der Waals surface area contributed by atoms with Gasteiger partial charge >= 0.3 is 0 Å². The summed E-state index contributed by atoms with van der Waals surface area (Å²) in [6, 6.07) is 13.3. The minimum Gasteiger partial charge on any atom is -0.397 e. The highest BCUT2D eigenvalue weighted by atomic mass is 16.2. The number of amides is 1. The summed E-state index contributed by atoms with van der Waals surface area (Å²) in [6.07, 6.45) is 3.61. The van der Waals surface area contributed by atoms with E-state index in [2.05, 4.69) is 17.3 Å². The molecule has 26 heavy (non-hydrogen) atoms. The van der Waals surface area contributed by atoms with Crippen molar-refractivity contribution in [2.45, 2.75) is 32.6 Å². The fraction of sp³-hybridized carbons (Fsp3) is 0.286. The minimum absolute atomic E-state index is 0.0354. The van der Waals surface area contributed by atoms with Crippen LogP contribution in [0.4, 0.5) is 17.1 Å². The number of benzene rings is 2. The monoisotopic (exact) mass is 348 g/mol. The third kappa shape index (κ3) is 3.63. The van der Waals surface area contributed by atoms with Crippen LogP contribution in [0.1, 0.15) is 42.1 Å². The van der Waals surface area contributed by atoms with Crippen LogP contribution in [-0.4, -0.2) is 18.3 Å². The molecule has 1 aliphatic heterocycles. The van der Waals surface area contributed by atoms with Crippen LogP contribution in [0.3, 0.4) is 0 Å². The Morgan fingerprint density at radius 2 is 2.12 bits per heavy atom. The lowest BCUT2D eigenvalue weighted by Crippen LogP contribution is -2.35. The highest BCUT2D eigenvalue weighted by Gasteiger charge is 2.23. The maximum absolute atomic E-state index is 13.0. The molecule has 5 nitrogen and oxygen atoms in total. The Hall–Kier alpha value is -3.04. The number of nitrogens with zero attached hydrogens (tertiary/aromatic N) is 1. The van der Waals surface area contributed by atoms with E-state index in [0.717, 1.165) is 31.4 Å². The minimum atomic E-state index is -0.0354. The van der Waals surface area contributed by atoms with Gasteiger partial charge in [0.25, 0.3) is 5.91 Å². The molecule has 0 aliphatic carbocycles. The van der Waals surface area contributed by atoms with Gasteiger partial charge in [0.15, 0.2) is 0 Å². The first kappa shape index (κ1) is 17.8. The molecule has 0 atom stereocenters. The molecular weight excluding hydrogens is 324 g/mol. The second kappa shape index (κ2) is 7.89. The van der Waals surface area contributed by atoms with Crippen LogP contribution in [0, 0.1) is 5.41 Å². The number of rotatable bonds is 5. The molecule has 2 aromatic carbocycles. The number of nitrogens with one attached hydrogen (secondary N) is 2. The van der Waals surface area contributed by atoms with Crippen molar-refractivity contribution in [3.63, 3.8) is 0 Å². The molecule has 2 aromatic rings. The standard InChI is InChI=1S/C21H24N4O/c1-2-6-17(14-22)24-19-11-10-16(13-18(19)23)21(26)25-12-5-8-15-7-3-4-9-20(15)25/h3-4,7,9-11,13,22,24H,2,5-6,8,12,23H2,1H3. The van der Waals surface area contributed by atoms with Crippen molar-refractivity contribution in [1.82, 2.24) is 0 Å². The molecule has 0 spiro atoms. The van der Waals surface area contributed by atoms with E-state index in [4.69, 9.17) is 11.1 Å². The van der Waals surface area contributed by atoms with Crippen molar-refractivity contribution in [3.8, 4) is 0 Å². The van der Waals surface area contributed by atoms with Crippen LogP contribution in [0.15, 0.2) is 48.2 Å². The third-order valence-electron chi connectivity index (χ3n) is 4.59. The summed E-state index contributed by atoms with van der Waals surface area (Å²) in [5.74, 6) is 2.37. The van der Waals surface area contributed by atoms with Gasteiger partial charge < -0.3 is 16.0 Å². The van der Waals surface area contributed by atoms with Gasteiger partial charge in [-0.15, -0.1) is 0 Å². The second-order valence-corrected chi connectivity index (χ2v) is 6.47. The molecule has 0 aromatic heterocycles. The zero-order valence-corrected chi connectivity index (χ0v) is 15.0. The quantitative estimate of drug-likeness (QED) is 0.559. The topological polar surface area (TPSA) is 82.2 Å². The predicted molar refractivity (Wildman–Crippen MR) is 107 cm³/mol. The maximum Gasteiger partial charge on any atom is 0.258 e. The number of hydrogen-bond donors (Lipinski definition) is 3. The SMILES string of the molecule is CCCC(=C=N)Nc1ccc(C(=O)N2CCCc3ccccc32)cc1N. The van der Waals surface area contributed by atoms with Crippen molar-refractivity contribution >= 4 is 28.8 Å². The number of carbonyl (C=O) groups is 1. The number of nitrogen functional groups attached to an aromatic ring is 1. The van der Waals surface area contributed by atoms with Crippen molar-refractivity contribution in [1.29, 1.82) is 5.41 Å². The summed E-state index contributed by atoms with van der Waals surface area (Å²) >= 11 is 0. The molecule has 3 rings (SSSR count). The fourth-order valence-electron chi connectivity index (χ4n) is 3.28. The molecule has 1 amide bonds. The predicted octanol–water partition coefficient (Wildman–Crippen LogP) is 4.21. The first-order valence-corrected chi connectivity index (χ1v) is 8.99. The number of nitrogens with two attached hydrogens (primary N) is 1. The Balaban J connectivity index is 1.84. The molecule has 134 valence electrons. The van der Waals surface area contributed by atoms with Gasteiger partial charge in [0.05, 0.1) is 17.1 Å². The van der Waals surface area contributed by atoms with Gasteiger partial charge in [-0.25, -0.2) is 0 Å². The van der Waals surface area contributed by atoms with Crippen LogP contribution in [0.2, 0.25) is 0 Å². The van der Waals surface area contributed by atoms with Crippen LogP contribution in [0.5, 0.6) is 0 Å². The largest absolute Gasteiger partial charge is 0.397 e. The van der Waals surface area contributed by atoms with Gasteiger partial charge in [0.1, 0.15) is 0 Å². The van der Waals surface area contributed by atoms with E-state index in [1.54, 1.807) is 18.2 Å². The van der Waals surface area contributed by atoms with Crippen molar-refractivity contribution < 1.29 is 4.79 Å². The molecular formula is C21H24N4O. The van der Waals surface area contributed by atoms with Crippen molar-refractivity contribution in [3.05, 3.63) is 59.3 Å². The average Bonchev–Trinajstić information content (AvgIpc) is 2.68. The Kier molecular flexibility index (Phi) is 5.40. The summed E-state index contributed by atoms with van der Waals surface area (Å²) in [4.78, 5) is 14.8. The lowest BCUT2D eigenvalue weighted by Gasteiger charge is -2.29. The Morgan fingerprint density at radius 3 is 2.85 bits per heavy atom. The summed E-state index contributed by atoms with van der Waals surface area (Å²) < 4.78 is 0. The van der Waals surface area contributed by atoms with Gasteiger partial charge in [0.2, 0.25) is 0 Å². The summed E-state index contributed by atoms with van der Waals surface area (Å²) in [7, 11) is 0. The number of fused-ring (bicyclic) bond motifs is 1. The third-order valence-corrected chi connectivity index (χ3v) is 4.59. The summed E-state index contributed by atoms with van der Waals surface area (Å²) in [6.45, 7) is 2.76. The number of carbonyl (C=O) groups excluding carboxylic acids is 1. The lowest BCUT2D eigenvalue weighted by atomic mass is 10.0. The lowest BCUT2D eigenvalue weighted by molar-refractivity contribution is 0.0985.